The van der Waals surface area contributed by atoms with Crippen molar-refractivity contribution in [3.8, 4) is 0 Å². The second kappa shape index (κ2) is 7.78. The Bertz CT molecular complexity index is 1230. The number of carbonyl (C=O) groups excluding carboxylic acids is 2. The summed E-state index contributed by atoms with van der Waals surface area (Å²) in [6, 6.07) is 19.7. The molecule has 0 N–H and O–H groups in total. The predicted octanol–water partition coefficient (Wildman–Crippen LogP) is 5.03. The van der Waals surface area contributed by atoms with E-state index in [-0.39, 0.29) is 24.2 Å². The molecular weight excluding hydrogens is 423 g/mol. The summed E-state index contributed by atoms with van der Waals surface area (Å²) in [7, 11) is 0. The molecule has 1 fully saturated rings. The zero-order chi connectivity index (χ0) is 22.5. The first-order chi connectivity index (χ1) is 15.4. The molecule has 2 amide bonds. The number of anilines is 1. The van der Waals surface area contributed by atoms with Gasteiger partial charge < -0.3 is 9.80 Å². The van der Waals surface area contributed by atoms with Crippen LogP contribution in [0.3, 0.4) is 0 Å². The third-order valence-corrected chi connectivity index (χ3v) is 7.54. The third kappa shape index (κ3) is 3.21. The van der Waals surface area contributed by atoms with E-state index in [9.17, 15) is 14.0 Å². The van der Waals surface area contributed by atoms with Gasteiger partial charge in [0.1, 0.15) is 5.82 Å². The molecule has 0 saturated carbocycles. The van der Waals surface area contributed by atoms with E-state index in [1.807, 2.05) is 62.4 Å². The smallest absolute Gasteiger partial charge is 0.268 e. The number of benzene rings is 3. The van der Waals surface area contributed by atoms with Gasteiger partial charge in [-0.1, -0.05) is 47.5 Å². The fourth-order valence-electron chi connectivity index (χ4n) is 4.56. The van der Waals surface area contributed by atoms with Gasteiger partial charge in [-0.25, -0.2) is 4.39 Å². The van der Waals surface area contributed by atoms with Gasteiger partial charge in [0.15, 0.2) is 4.87 Å². The minimum atomic E-state index is -1.10. The summed E-state index contributed by atoms with van der Waals surface area (Å²) >= 11 is 1.50. The van der Waals surface area contributed by atoms with E-state index >= 15 is 0 Å². The van der Waals surface area contributed by atoms with E-state index in [1.54, 1.807) is 15.9 Å². The standard InChI is InChI=1S/C26H23FN2O2S/c1-17-6-9-20(10-7-17)24(30)29-12-13-32-26(29)22-14-18(2)8-11-23(22)28(25(26)31)16-19-4-3-5-21(27)15-19/h3-11,14-15H,12-13,16H2,1-2H3/t26-/m1/s1. The summed E-state index contributed by atoms with van der Waals surface area (Å²) < 4.78 is 13.8. The fraction of sp³-hybridized carbons (Fsp3) is 0.231. The van der Waals surface area contributed by atoms with Crippen molar-refractivity contribution in [1.29, 1.82) is 0 Å². The van der Waals surface area contributed by atoms with E-state index in [0.717, 1.165) is 22.4 Å². The molecule has 0 unspecified atom stereocenters. The lowest BCUT2D eigenvalue weighted by Gasteiger charge is -2.33. The zero-order valence-electron chi connectivity index (χ0n) is 18.0. The highest BCUT2D eigenvalue weighted by Crippen LogP contribution is 2.55. The lowest BCUT2D eigenvalue weighted by atomic mass is 10.0. The third-order valence-electron chi connectivity index (χ3n) is 6.12. The number of nitrogens with zero attached hydrogens (tertiary/aromatic N) is 2. The van der Waals surface area contributed by atoms with Gasteiger partial charge in [-0.3, -0.25) is 9.59 Å². The first-order valence-corrected chi connectivity index (χ1v) is 11.6. The molecule has 6 heteroatoms. The van der Waals surface area contributed by atoms with Gasteiger partial charge in [0.25, 0.3) is 11.8 Å². The molecule has 1 spiro atoms. The summed E-state index contributed by atoms with van der Waals surface area (Å²) in [4.78, 5) is 29.9. The number of hydrogen-bond acceptors (Lipinski definition) is 3. The van der Waals surface area contributed by atoms with E-state index in [0.29, 0.717) is 23.4 Å². The molecule has 4 nitrogen and oxygen atoms in total. The van der Waals surface area contributed by atoms with Gasteiger partial charge in [0, 0.05) is 23.4 Å². The van der Waals surface area contributed by atoms with E-state index in [2.05, 4.69) is 0 Å². The first-order valence-electron chi connectivity index (χ1n) is 10.6. The molecule has 2 heterocycles. The van der Waals surface area contributed by atoms with Gasteiger partial charge >= 0.3 is 0 Å². The van der Waals surface area contributed by atoms with Crippen LogP contribution in [0.5, 0.6) is 0 Å². The fourth-order valence-corrected chi connectivity index (χ4v) is 6.01. The van der Waals surface area contributed by atoms with Crippen LogP contribution in [-0.2, 0) is 16.2 Å². The van der Waals surface area contributed by atoms with Gasteiger partial charge in [-0.05, 0) is 49.7 Å². The molecule has 2 aliphatic rings. The zero-order valence-corrected chi connectivity index (χ0v) is 18.8. The van der Waals surface area contributed by atoms with Crippen molar-refractivity contribution in [2.45, 2.75) is 25.3 Å². The van der Waals surface area contributed by atoms with E-state index in [4.69, 9.17) is 0 Å². The number of thioether (sulfide) groups is 1. The lowest BCUT2D eigenvalue weighted by Crippen LogP contribution is -2.50. The first kappa shape index (κ1) is 20.8. The van der Waals surface area contributed by atoms with Crippen molar-refractivity contribution >= 4 is 29.3 Å². The molecule has 0 aliphatic carbocycles. The number of aryl methyl sites for hydroxylation is 2. The summed E-state index contributed by atoms with van der Waals surface area (Å²) in [6.45, 7) is 4.70. The van der Waals surface area contributed by atoms with Crippen LogP contribution < -0.4 is 4.90 Å². The van der Waals surface area contributed by atoms with Crippen LogP contribution in [0.4, 0.5) is 10.1 Å². The second-order valence-electron chi connectivity index (χ2n) is 8.36. The minimum Gasteiger partial charge on any atom is -0.311 e. The van der Waals surface area contributed by atoms with Crippen molar-refractivity contribution in [1.82, 2.24) is 4.90 Å². The normalized spacial score (nSPS) is 19.7. The number of rotatable bonds is 3. The number of amides is 2. The van der Waals surface area contributed by atoms with Crippen molar-refractivity contribution < 1.29 is 14.0 Å². The average molecular weight is 447 g/mol. The number of fused-ring (bicyclic) bond motifs is 2. The van der Waals surface area contributed by atoms with Crippen molar-refractivity contribution in [2.24, 2.45) is 0 Å². The molecule has 0 bridgehead atoms. The highest BCUT2D eigenvalue weighted by molar-refractivity contribution is 8.01. The molecule has 2 aliphatic heterocycles. The summed E-state index contributed by atoms with van der Waals surface area (Å²) in [5.74, 6) is 0.0398. The molecule has 1 atom stereocenters. The van der Waals surface area contributed by atoms with Crippen molar-refractivity contribution in [3.63, 3.8) is 0 Å². The maximum Gasteiger partial charge on any atom is 0.268 e. The highest BCUT2D eigenvalue weighted by Gasteiger charge is 2.59. The Labute approximate surface area is 191 Å². The molecule has 0 radical (unpaired) electrons. The lowest BCUT2D eigenvalue weighted by molar-refractivity contribution is -0.123. The topological polar surface area (TPSA) is 40.6 Å². The predicted molar refractivity (Wildman–Crippen MR) is 125 cm³/mol. The largest absolute Gasteiger partial charge is 0.311 e. The van der Waals surface area contributed by atoms with Crippen LogP contribution in [0.2, 0.25) is 0 Å². The van der Waals surface area contributed by atoms with Gasteiger partial charge in [0.2, 0.25) is 0 Å². The van der Waals surface area contributed by atoms with Gasteiger partial charge in [0.05, 0.1) is 12.2 Å². The number of hydrogen-bond donors (Lipinski definition) is 0. The Kier molecular flexibility index (Phi) is 5.05. The molecule has 3 aromatic rings. The molecule has 162 valence electrons. The molecule has 1 saturated heterocycles. The van der Waals surface area contributed by atoms with Gasteiger partial charge in [-0.15, -0.1) is 11.8 Å². The van der Waals surface area contributed by atoms with E-state index < -0.39 is 4.87 Å². The van der Waals surface area contributed by atoms with Crippen LogP contribution in [0.15, 0.2) is 66.7 Å². The highest BCUT2D eigenvalue weighted by atomic mass is 32.2. The summed E-state index contributed by atoms with van der Waals surface area (Å²) in [5.41, 5.74) is 5.00. The quantitative estimate of drug-likeness (QED) is 0.567. The molecule has 5 rings (SSSR count). The van der Waals surface area contributed by atoms with Crippen LogP contribution in [-0.4, -0.2) is 29.0 Å². The van der Waals surface area contributed by atoms with Crippen molar-refractivity contribution in [2.75, 3.05) is 17.2 Å². The Morgan fingerprint density at radius 3 is 2.53 bits per heavy atom. The Hall–Kier alpha value is -3.12. The minimum absolute atomic E-state index is 0.148. The van der Waals surface area contributed by atoms with E-state index in [1.165, 1.54) is 23.9 Å². The van der Waals surface area contributed by atoms with Crippen LogP contribution >= 0.6 is 11.8 Å². The molecule has 3 aromatic carbocycles. The Morgan fingerprint density at radius 2 is 1.78 bits per heavy atom. The van der Waals surface area contributed by atoms with Crippen LogP contribution in [0.1, 0.15) is 32.6 Å². The van der Waals surface area contributed by atoms with Crippen LogP contribution in [0.25, 0.3) is 0 Å². The summed E-state index contributed by atoms with van der Waals surface area (Å²) in [6.07, 6.45) is 0. The average Bonchev–Trinajstić information content (AvgIpc) is 3.31. The van der Waals surface area contributed by atoms with Gasteiger partial charge in [-0.2, -0.15) is 0 Å². The second-order valence-corrected chi connectivity index (χ2v) is 9.64. The summed E-state index contributed by atoms with van der Waals surface area (Å²) in [5, 5.41) is 0. The monoisotopic (exact) mass is 446 g/mol. The maximum absolute atomic E-state index is 14.0. The SMILES string of the molecule is Cc1ccc(C(=O)N2CCS[C@]23C(=O)N(Cc2cccc(F)c2)c2ccc(C)cc23)cc1. The Morgan fingerprint density at radius 1 is 1.03 bits per heavy atom. The number of halogens is 1. The Balaban J connectivity index is 1.59. The van der Waals surface area contributed by atoms with Crippen LogP contribution in [0, 0.1) is 19.7 Å². The molecular formula is C26H23FN2O2S. The number of carbonyl (C=O) groups is 2. The maximum atomic E-state index is 14.0. The van der Waals surface area contributed by atoms with Crippen molar-refractivity contribution in [3.05, 3.63) is 100 Å². The molecule has 0 aromatic heterocycles. The molecule has 32 heavy (non-hydrogen) atoms.